The van der Waals surface area contributed by atoms with E-state index in [0.29, 0.717) is 0 Å². The summed E-state index contributed by atoms with van der Waals surface area (Å²) in [7, 11) is 0. The van der Waals surface area contributed by atoms with Gasteiger partial charge in [-0.15, -0.1) is 0 Å². The molecule has 0 unspecified atom stereocenters. The van der Waals surface area contributed by atoms with E-state index in [9.17, 15) is 0 Å². The molecule has 3 heteroatoms. The SMILES string of the molecule is Brc1cc(-c2ccccc2)c2nc3ccccn3c2c1. The molecular weight excluding hydrogens is 312 g/mol. The molecular formula is C17H11BrN2. The summed E-state index contributed by atoms with van der Waals surface area (Å²) in [5.74, 6) is 0. The molecule has 2 heterocycles. The molecule has 0 aliphatic heterocycles. The summed E-state index contributed by atoms with van der Waals surface area (Å²) in [6.07, 6.45) is 2.05. The van der Waals surface area contributed by atoms with Crippen LogP contribution in [0.2, 0.25) is 0 Å². The van der Waals surface area contributed by atoms with E-state index in [4.69, 9.17) is 4.98 Å². The van der Waals surface area contributed by atoms with Crippen molar-refractivity contribution in [2.24, 2.45) is 0 Å². The predicted molar refractivity (Wildman–Crippen MR) is 85.8 cm³/mol. The molecule has 0 fully saturated rings. The van der Waals surface area contributed by atoms with Crippen LogP contribution in [-0.2, 0) is 0 Å². The maximum Gasteiger partial charge on any atom is 0.137 e. The number of fused-ring (bicyclic) bond motifs is 3. The monoisotopic (exact) mass is 322 g/mol. The van der Waals surface area contributed by atoms with Crippen molar-refractivity contribution in [3.63, 3.8) is 0 Å². The van der Waals surface area contributed by atoms with Crippen LogP contribution in [0.3, 0.4) is 0 Å². The van der Waals surface area contributed by atoms with Gasteiger partial charge in [0.1, 0.15) is 5.65 Å². The standard InChI is InChI=1S/C17H11BrN2/c18-13-10-14(12-6-2-1-3-7-12)17-15(11-13)20-9-5-4-8-16(20)19-17/h1-11H. The molecule has 2 aromatic carbocycles. The van der Waals surface area contributed by atoms with Gasteiger partial charge in [-0.2, -0.15) is 0 Å². The lowest BCUT2D eigenvalue weighted by atomic mass is 10.0. The number of nitrogens with zero attached hydrogens (tertiary/aromatic N) is 2. The Hall–Kier alpha value is -2.13. The first kappa shape index (κ1) is 11.7. The lowest BCUT2D eigenvalue weighted by Gasteiger charge is -2.04. The van der Waals surface area contributed by atoms with E-state index in [1.807, 2.05) is 30.5 Å². The lowest BCUT2D eigenvalue weighted by molar-refractivity contribution is 1.23. The lowest BCUT2D eigenvalue weighted by Crippen LogP contribution is -1.83. The number of hydrogen-bond acceptors (Lipinski definition) is 1. The van der Waals surface area contributed by atoms with Crippen molar-refractivity contribution >= 4 is 32.6 Å². The summed E-state index contributed by atoms with van der Waals surface area (Å²) in [5, 5.41) is 0. The van der Waals surface area contributed by atoms with Crippen LogP contribution < -0.4 is 0 Å². The van der Waals surface area contributed by atoms with E-state index in [-0.39, 0.29) is 0 Å². The van der Waals surface area contributed by atoms with Gasteiger partial charge in [-0.05, 0) is 29.8 Å². The quantitative estimate of drug-likeness (QED) is 0.486. The highest BCUT2D eigenvalue weighted by atomic mass is 79.9. The van der Waals surface area contributed by atoms with Gasteiger partial charge >= 0.3 is 0 Å². The van der Waals surface area contributed by atoms with Crippen LogP contribution in [0.5, 0.6) is 0 Å². The Kier molecular flexibility index (Phi) is 2.60. The molecule has 0 spiro atoms. The molecule has 0 aliphatic rings. The molecule has 0 aliphatic carbocycles. The fourth-order valence-corrected chi connectivity index (χ4v) is 3.01. The van der Waals surface area contributed by atoms with Gasteiger partial charge in [0.15, 0.2) is 0 Å². The summed E-state index contributed by atoms with van der Waals surface area (Å²) in [6, 6.07) is 20.7. The van der Waals surface area contributed by atoms with Crippen molar-refractivity contribution in [1.82, 2.24) is 9.38 Å². The van der Waals surface area contributed by atoms with Gasteiger partial charge in [0.2, 0.25) is 0 Å². The largest absolute Gasteiger partial charge is 0.300 e. The zero-order chi connectivity index (χ0) is 13.5. The van der Waals surface area contributed by atoms with Gasteiger partial charge in [0.25, 0.3) is 0 Å². The van der Waals surface area contributed by atoms with Gasteiger partial charge in [0.05, 0.1) is 11.0 Å². The molecule has 4 rings (SSSR count). The van der Waals surface area contributed by atoms with Crippen LogP contribution in [0.15, 0.2) is 71.3 Å². The van der Waals surface area contributed by atoms with Crippen molar-refractivity contribution in [3.05, 3.63) is 71.3 Å². The molecule has 0 atom stereocenters. The maximum absolute atomic E-state index is 4.77. The molecule has 0 saturated carbocycles. The van der Waals surface area contributed by atoms with Crippen LogP contribution in [-0.4, -0.2) is 9.38 Å². The van der Waals surface area contributed by atoms with Crippen LogP contribution >= 0.6 is 15.9 Å². The highest BCUT2D eigenvalue weighted by Gasteiger charge is 2.11. The third-order valence-electron chi connectivity index (χ3n) is 3.46. The van der Waals surface area contributed by atoms with Crippen LogP contribution in [0.4, 0.5) is 0 Å². The molecule has 20 heavy (non-hydrogen) atoms. The fraction of sp³-hybridized carbons (Fsp3) is 0. The van der Waals surface area contributed by atoms with E-state index >= 15 is 0 Å². The number of aromatic nitrogens is 2. The molecule has 0 N–H and O–H groups in total. The smallest absolute Gasteiger partial charge is 0.137 e. The average Bonchev–Trinajstić information content (AvgIpc) is 2.86. The first-order valence-electron chi connectivity index (χ1n) is 6.45. The summed E-state index contributed by atoms with van der Waals surface area (Å²) in [5.41, 5.74) is 5.46. The number of pyridine rings is 1. The third kappa shape index (κ3) is 1.74. The normalized spacial score (nSPS) is 11.2. The van der Waals surface area contributed by atoms with Gasteiger partial charge < -0.3 is 0 Å². The fourth-order valence-electron chi connectivity index (χ4n) is 2.57. The molecule has 0 bridgehead atoms. The van der Waals surface area contributed by atoms with Crippen LogP contribution in [0.1, 0.15) is 0 Å². The van der Waals surface area contributed by atoms with Crippen LogP contribution in [0.25, 0.3) is 27.8 Å². The van der Waals surface area contributed by atoms with Crippen molar-refractivity contribution in [3.8, 4) is 11.1 Å². The Balaban J connectivity index is 2.16. The van der Waals surface area contributed by atoms with Crippen LogP contribution in [0, 0.1) is 0 Å². The summed E-state index contributed by atoms with van der Waals surface area (Å²) in [4.78, 5) is 4.77. The number of hydrogen-bond donors (Lipinski definition) is 0. The van der Waals surface area contributed by atoms with Gasteiger partial charge in [-0.1, -0.05) is 52.3 Å². The zero-order valence-corrected chi connectivity index (χ0v) is 12.2. The first-order chi connectivity index (χ1) is 9.83. The number of rotatable bonds is 1. The van der Waals surface area contributed by atoms with Crippen molar-refractivity contribution in [2.45, 2.75) is 0 Å². The minimum Gasteiger partial charge on any atom is -0.300 e. The maximum atomic E-state index is 4.77. The Morgan fingerprint density at radius 2 is 1.70 bits per heavy atom. The number of benzene rings is 2. The number of halogens is 1. The van der Waals surface area contributed by atoms with E-state index in [1.165, 1.54) is 5.56 Å². The molecule has 2 nitrogen and oxygen atoms in total. The van der Waals surface area contributed by atoms with Gasteiger partial charge in [-0.3, -0.25) is 4.40 Å². The van der Waals surface area contributed by atoms with Crippen molar-refractivity contribution in [1.29, 1.82) is 0 Å². The third-order valence-corrected chi connectivity index (χ3v) is 3.92. The van der Waals surface area contributed by atoms with E-state index in [1.54, 1.807) is 0 Å². The van der Waals surface area contributed by atoms with Crippen molar-refractivity contribution < 1.29 is 0 Å². The summed E-state index contributed by atoms with van der Waals surface area (Å²) >= 11 is 3.61. The molecule has 2 aromatic heterocycles. The zero-order valence-electron chi connectivity index (χ0n) is 10.6. The van der Waals surface area contributed by atoms with Gasteiger partial charge in [0, 0.05) is 16.2 Å². The Morgan fingerprint density at radius 1 is 0.900 bits per heavy atom. The Bertz CT molecular complexity index is 910. The van der Waals surface area contributed by atoms with Crippen molar-refractivity contribution in [2.75, 3.05) is 0 Å². The predicted octanol–water partition coefficient (Wildman–Crippen LogP) is 4.92. The Labute approximate surface area is 124 Å². The molecule has 0 amide bonds. The minimum atomic E-state index is 0.970. The average molecular weight is 323 g/mol. The topological polar surface area (TPSA) is 17.3 Å². The summed E-state index contributed by atoms with van der Waals surface area (Å²) in [6.45, 7) is 0. The first-order valence-corrected chi connectivity index (χ1v) is 7.24. The second-order valence-electron chi connectivity index (χ2n) is 4.73. The molecule has 0 radical (unpaired) electrons. The second kappa shape index (κ2) is 4.46. The molecule has 96 valence electrons. The minimum absolute atomic E-state index is 0.970. The highest BCUT2D eigenvalue weighted by Crippen LogP contribution is 2.32. The number of imidazole rings is 1. The van der Waals surface area contributed by atoms with E-state index in [2.05, 4.69) is 56.7 Å². The van der Waals surface area contributed by atoms with Gasteiger partial charge in [-0.25, -0.2) is 4.98 Å². The van der Waals surface area contributed by atoms with E-state index in [0.717, 1.165) is 26.7 Å². The second-order valence-corrected chi connectivity index (χ2v) is 5.64. The Morgan fingerprint density at radius 3 is 2.55 bits per heavy atom. The van der Waals surface area contributed by atoms with E-state index < -0.39 is 0 Å². The molecule has 4 aromatic rings. The summed E-state index contributed by atoms with van der Waals surface area (Å²) < 4.78 is 3.18. The molecule has 0 saturated heterocycles. The highest BCUT2D eigenvalue weighted by molar-refractivity contribution is 9.10.